The van der Waals surface area contributed by atoms with Gasteiger partial charge in [0.2, 0.25) is 0 Å². The van der Waals surface area contributed by atoms with Crippen molar-refractivity contribution >= 4 is 17.9 Å². The molecule has 0 aromatic heterocycles. The van der Waals surface area contributed by atoms with Gasteiger partial charge < -0.3 is 0 Å². The Balaban J connectivity index is 1.96. The normalized spacial score (nSPS) is 11.4. The van der Waals surface area contributed by atoms with E-state index in [0.717, 1.165) is 29.3 Å². The van der Waals surface area contributed by atoms with Gasteiger partial charge in [-0.25, -0.2) is 0 Å². The second-order valence-electron chi connectivity index (χ2n) is 5.72. The van der Waals surface area contributed by atoms with Gasteiger partial charge in [0, 0.05) is 11.6 Å². The summed E-state index contributed by atoms with van der Waals surface area (Å²) < 4.78 is 37.9. The molecule has 0 spiro atoms. The van der Waals surface area contributed by atoms with Crippen molar-refractivity contribution in [3.63, 3.8) is 0 Å². The van der Waals surface area contributed by atoms with Crippen LogP contribution in [0.3, 0.4) is 0 Å². The maximum absolute atomic E-state index is 12.6. The van der Waals surface area contributed by atoms with Crippen molar-refractivity contribution in [2.24, 2.45) is 0 Å². The van der Waals surface area contributed by atoms with Crippen LogP contribution in [0, 0.1) is 13.8 Å². The van der Waals surface area contributed by atoms with Gasteiger partial charge in [0.15, 0.2) is 0 Å². The molecule has 0 bridgehead atoms. The lowest BCUT2D eigenvalue weighted by molar-refractivity contribution is -0.137. The van der Waals surface area contributed by atoms with Gasteiger partial charge in [-0.1, -0.05) is 29.8 Å². The van der Waals surface area contributed by atoms with Gasteiger partial charge in [-0.3, -0.25) is 20.4 Å². The third-order valence-electron chi connectivity index (χ3n) is 3.57. The van der Waals surface area contributed by atoms with Crippen LogP contribution < -0.4 is 10.9 Å². The van der Waals surface area contributed by atoms with Crippen molar-refractivity contribution in [2.75, 3.05) is 0 Å². The highest BCUT2D eigenvalue weighted by Gasteiger charge is 2.30. The average Bonchev–Trinajstić information content (AvgIpc) is 2.57. The van der Waals surface area contributed by atoms with Crippen molar-refractivity contribution in [2.45, 2.75) is 20.0 Å². The van der Waals surface area contributed by atoms with Crippen molar-refractivity contribution in [1.82, 2.24) is 10.9 Å². The van der Waals surface area contributed by atoms with Crippen LogP contribution in [0.1, 0.15) is 32.6 Å². The minimum atomic E-state index is -4.45. The molecule has 2 amide bonds. The summed E-state index contributed by atoms with van der Waals surface area (Å²) in [7, 11) is 0. The monoisotopic (exact) mass is 362 g/mol. The zero-order valence-electron chi connectivity index (χ0n) is 14.1. The van der Waals surface area contributed by atoms with E-state index in [1.54, 1.807) is 19.1 Å². The Hall–Kier alpha value is -3.09. The Kier molecular flexibility index (Phi) is 5.82. The number of amides is 2. The molecule has 0 saturated heterocycles. The standard InChI is InChI=1S/C19H17F3N2O2/c1-12-6-8-16(13(2)10-12)18(26)24-23-17(25)9-7-14-4-3-5-15(11-14)19(20,21)22/h3-11H,1-2H3,(H,23,25)(H,24,26)/b9-7+. The Morgan fingerprint density at radius 2 is 1.73 bits per heavy atom. The Labute approximate surface area is 148 Å². The summed E-state index contributed by atoms with van der Waals surface area (Å²) in [5, 5.41) is 0. The molecule has 0 saturated carbocycles. The van der Waals surface area contributed by atoms with Crippen LogP contribution in [0.25, 0.3) is 6.08 Å². The van der Waals surface area contributed by atoms with E-state index in [2.05, 4.69) is 10.9 Å². The highest BCUT2D eigenvalue weighted by molar-refractivity contribution is 5.98. The molecule has 26 heavy (non-hydrogen) atoms. The first kappa shape index (κ1) is 19.2. The van der Waals surface area contributed by atoms with Crippen LogP contribution in [-0.4, -0.2) is 11.8 Å². The lowest BCUT2D eigenvalue weighted by atomic mass is 10.1. The lowest BCUT2D eigenvalue weighted by Crippen LogP contribution is -2.41. The molecule has 2 N–H and O–H groups in total. The molecule has 0 aliphatic carbocycles. The molecule has 2 aromatic rings. The summed E-state index contributed by atoms with van der Waals surface area (Å²) in [5.74, 6) is -1.15. The lowest BCUT2D eigenvalue weighted by Gasteiger charge is -2.08. The first-order chi connectivity index (χ1) is 12.2. The highest BCUT2D eigenvalue weighted by Crippen LogP contribution is 2.29. The molecule has 0 aliphatic rings. The second kappa shape index (κ2) is 7.86. The van der Waals surface area contributed by atoms with Crippen LogP contribution in [0.4, 0.5) is 13.2 Å². The van der Waals surface area contributed by atoms with Gasteiger partial charge >= 0.3 is 6.18 Å². The van der Waals surface area contributed by atoms with Gasteiger partial charge in [0.1, 0.15) is 0 Å². The van der Waals surface area contributed by atoms with E-state index in [4.69, 9.17) is 0 Å². The highest BCUT2D eigenvalue weighted by atomic mass is 19.4. The van der Waals surface area contributed by atoms with E-state index < -0.39 is 23.6 Å². The van der Waals surface area contributed by atoms with E-state index in [9.17, 15) is 22.8 Å². The van der Waals surface area contributed by atoms with Crippen molar-refractivity contribution in [3.8, 4) is 0 Å². The van der Waals surface area contributed by atoms with Crippen LogP contribution in [-0.2, 0) is 11.0 Å². The Morgan fingerprint density at radius 1 is 1.00 bits per heavy atom. The maximum Gasteiger partial charge on any atom is 0.416 e. The van der Waals surface area contributed by atoms with Crippen LogP contribution in [0.5, 0.6) is 0 Å². The predicted octanol–water partition coefficient (Wildman–Crippen LogP) is 3.80. The van der Waals surface area contributed by atoms with E-state index in [1.165, 1.54) is 18.2 Å². The molecular weight excluding hydrogens is 345 g/mol. The topological polar surface area (TPSA) is 58.2 Å². The zero-order chi connectivity index (χ0) is 19.3. The van der Waals surface area contributed by atoms with Gasteiger partial charge in [0.05, 0.1) is 5.56 Å². The Bertz CT molecular complexity index is 858. The van der Waals surface area contributed by atoms with Crippen LogP contribution >= 0.6 is 0 Å². The SMILES string of the molecule is Cc1ccc(C(=O)NNC(=O)/C=C/c2cccc(C(F)(F)F)c2)c(C)c1. The molecule has 0 radical (unpaired) electrons. The number of alkyl halides is 3. The number of halogens is 3. The van der Waals surface area contributed by atoms with Gasteiger partial charge in [-0.05, 0) is 49.2 Å². The minimum absolute atomic E-state index is 0.218. The first-order valence-corrected chi connectivity index (χ1v) is 7.70. The van der Waals surface area contributed by atoms with Gasteiger partial charge in [0.25, 0.3) is 11.8 Å². The molecule has 0 fully saturated rings. The number of nitrogens with one attached hydrogen (secondary N) is 2. The quantitative estimate of drug-likeness (QED) is 0.645. The van der Waals surface area contributed by atoms with E-state index in [-0.39, 0.29) is 5.56 Å². The fraction of sp³-hybridized carbons (Fsp3) is 0.158. The van der Waals surface area contributed by atoms with E-state index in [0.29, 0.717) is 5.56 Å². The molecular formula is C19H17F3N2O2. The van der Waals surface area contributed by atoms with E-state index in [1.807, 2.05) is 13.0 Å². The fourth-order valence-electron chi connectivity index (χ4n) is 2.29. The molecule has 136 valence electrons. The number of carbonyl (C=O) groups excluding carboxylic acids is 2. The molecule has 2 rings (SSSR count). The number of hydrogen-bond donors (Lipinski definition) is 2. The van der Waals surface area contributed by atoms with Gasteiger partial charge in [-0.15, -0.1) is 0 Å². The summed E-state index contributed by atoms with van der Waals surface area (Å²) in [6.45, 7) is 3.67. The summed E-state index contributed by atoms with van der Waals surface area (Å²) in [4.78, 5) is 23.8. The largest absolute Gasteiger partial charge is 0.416 e. The summed E-state index contributed by atoms with van der Waals surface area (Å²) in [5.41, 5.74) is 6.05. The second-order valence-corrected chi connectivity index (χ2v) is 5.72. The number of hydrogen-bond acceptors (Lipinski definition) is 2. The number of aryl methyl sites for hydroxylation is 2. The predicted molar refractivity (Wildman–Crippen MR) is 92.0 cm³/mol. The summed E-state index contributed by atoms with van der Waals surface area (Å²) in [6.07, 6.45) is -2.18. The van der Waals surface area contributed by atoms with Crippen molar-refractivity contribution < 1.29 is 22.8 Å². The van der Waals surface area contributed by atoms with Gasteiger partial charge in [-0.2, -0.15) is 13.2 Å². The molecule has 0 heterocycles. The molecule has 0 atom stereocenters. The molecule has 0 unspecified atom stereocenters. The number of rotatable bonds is 3. The molecule has 2 aromatic carbocycles. The minimum Gasteiger partial charge on any atom is -0.268 e. The first-order valence-electron chi connectivity index (χ1n) is 7.70. The molecule has 4 nitrogen and oxygen atoms in total. The van der Waals surface area contributed by atoms with Crippen molar-refractivity contribution in [3.05, 3.63) is 76.4 Å². The van der Waals surface area contributed by atoms with Crippen LogP contribution in [0.15, 0.2) is 48.5 Å². The number of hydrazine groups is 1. The van der Waals surface area contributed by atoms with Crippen LogP contribution in [0.2, 0.25) is 0 Å². The van der Waals surface area contributed by atoms with Crippen molar-refractivity contribution in [1.29, 1.82) is 0 Å². The fourth-order valence-corrected chi connectivity index (χ4v) is 2.29. The smallest absolute Gasteiger partial charge is 0.268 e. The number of carbonyl (C=O) groups is 2. The third kappa shape index (κ3) is 5.20. The zero-order valence-corrected chi connectivity index (χ0v) is 14.1. The average molecular weight is 362 g/mol. The third-order valence-corrected chi connectivity index (χ3v) is 3.57. The summed E-state index contributed by atoms with van der Waals surface area (Å²) >= 11 is 0. The summed E-state index contributed by atoms with van der Waals surface area (Å²) in [6, 6.07) is 9.82. The molecule has 7 heteroatoms. The van der Waals surface area contributed by atoms with E-state index >= 15 is 0 Å². The maximum atomic E-state index is 12.6. The number of benzene rings is 2. The molecule has 0 aliphatic heterocycles. The Morgan fingerprint density at radius 3 is 2.38 bits per heavy atom.